The van der Waals surface area contributed by atoms with Gasteiger partial charge in [-0.25, -0.2) is 0 Å². The van der Waals surface area contributed by atoms with E-state index in [2.05, 4.69) is 17.4 Å². The van der Waals surface area contributed by atoms with Crippen molar-refractivity contribution in [2.75, 3.05) is 13.2 Å². The molecule has 1 aliphatic rings. The molecule has 0 saturated carbocycles. The number of carbonyl (C=O) groups is 1. The van der Waals surface area contributed by atoms with E-state index in [0.29, 0.717) is 12.6 Å². The number of ether oxygens (including phenoxy) is 1. The zero-order chi connectivity index (χ0) is 13.7. The van der Waals surface area contributed by atoms with Gasteiger partial charge >= 0.3 is 5.97 Å². The van der Waals surface area contributed by atoms with Crippen LogP contribution in [-0.4, -0.2) is 25.2 Å². The first-order chi connectivity index (χ1) is 9.19. The third-order valence-electron chi connectivity index (χ3n) is 3.53. The number of benzene rings is 1. The highest BCUT2D eigenvalue weighted by molar-refractivity contribution is 6.30. The molecule has 0 aromatic heterocycles. The summed E-state index contributed by atoms with van der Waals surface area (Å²) in [6, 6.07) is 8.39. The molecule has 1 aromatic carbocycles. The number of rotatable bonds is 4. The SMILES string of the molecule is CCOC(=O)C1CC[C@H](Cc2ccc(Cl)cc2)NC1. The minimum Gasteiger partial charge on any atom is -0.466 e. The molecule has 3 nitrogen and oxygen atoms in total. The molecule has 0 amide bonds. The average molecular weight is 282 g/mol. The third kappa shape index (κ3) is 4.22. The molecule has 1 N–H and O–H groups in total. The van der Waals surface area contributed by atoms with Crippen LogP contribution in [0.25, 0.3) is 0 Å². The molecule has 1 unspecified atom stereocenters. The van der Waals surface area contributed by atoms with Gasteiger partial charge in [0.25, 0.3) is 0 Å². The summed E-state index contributed by atoms with van der Waals surface area (Å²) in [4.78, 5) is 11.6. The van der Waals surface area contributed by atoms with E-state index < -0.39 is 0 Å². The van der Waals surface area contributed by atoms with Crippen molar-refractivity contribution in [1.29, 1.82) is 0 Å². The summed E-state index contributed by atoms with van der Waals surface area (Å²) in [6.45, 7) is 3.03. The molecule has 1 saturated heterocycles. The molecule has 0 radical (unpaired) electrons. The third-order valence-corrected chi connectivity index (χ3v) is 3.78. The van der Waals surface area contributed by atoms with Crippen LogP contribution in [0.15, 0.2) is 24.3 Å². The first kappa shape index (κ1) is 14.4. The maximum Gasteiger partial charge on any atom is 0.310 e. The van der Waals surface area contributed by atoms with Gasteiger partial charge in [-0.15, -0.1) is 0 Å². The number of esters is 1. The number of hydrogen-bond acceptors (Lipinski definition) is 3. The van der Waals surface area contributed by atoms with Crippen molar-refractivity contribution in [2.45, 2.75) is 32.2 Å². The minimum absolute atomic E-state index is 0.0152. The van der Waals surface area contributed by atoms with Gasteiger partial charge in [0.05, 0.1) is 12.5 Å². The molecule has 1 heterocycles. The number of carbonyl (C=O) groups excluding carboxylic acids is 1. The summed E-state index contributed by atoms with van der Waals surface area (Å²) in [5.74, 6) is -0.0543. The molecule has 2 atom stereocenters. The lowest BCUT2D eigenvalue weighted by Crippen LogP contribution is -2.43. The Labute approximate surface area is 119 Å². The lowest BCUT2D eigenvalue weighted by Gasteiger charge is -2.28. The van der Waals surface area contributed by atoms with Crippen molar-refractivity contribution in [3.05, 3.63) is 34.9 Å². The fourth-order valence-electron chi connectivity index (χ4n) is 2.46. The lowest BCUT2D eigenvalue weighted by atomic mass is 9.91. The summed E-state index contributed by atoms with van der Waals surface area (Å²) in [6.07, 6.45) is 2.89. The van der Waals surface area contributed by atoms with Crippen molar-refractivity contribution in [3.63, 3.8) is 0 Å². The predicted molar refractivity (Wildman–Crippen MR) is 76.3 cm³/mol. The highest BCUT2D eigenvalue weighted by Crippen LogP contribution is 2.19. The van der Waals surface area contributed by atoms with Gasteiger partial charge in [0.15, 0.2) is 0 Å². The zero-order valence-corrected chi connectivity index (χ0v) is 12.0. The molecule has 1 aromatic rings. The van der Waals surface area contributed by atoms with Crippen LogP contribution in [0.3, 0.4) is 0 Å². The second kappa shape index (κ2) is 6.92. The quantitative estimate of drug-likeness (QED) is 0.863. The van der Waals surface area contributed by atoms with Crippen molar-refractivity contribution < 1.29 is 9.53 Å². The van der Waals surface area contributed by atoms with Crippen LogP contribution in [-0.2, 0) is 16.0 Å². The number of piperidine rings is 1. The minimum atomic E-state index is -0.0695. The Kier molecular flexibility index (Phi) is 5.23. The monoisotopic (exact) mass is 281 g/mol. The molecule has 1 aliphatic heterocycles. The number of halogens is 1. The normalized spacial score (nSPS) is 23.1. The summed E-state index contributed by atoms with van der Waals surface area (Å²) < 4.78 is 5.05. The zero-order valence-electron chi connectivity index (χ0n) is 11.2. The Balaban J connectivity index is 1.80. The molecule has 0 spiro atoms. The van der Waals surface area contributed by atoms with Crippen LogP contribution in [0.2, 0.25) is 5.02 Å². The molecule has 4 heteroatoms. The van der Waals surface area contributed by atoms with E-state index >= 15 is 0 Å². The topological polar surface area (TPSA) is 38.3 Å². The van der Waals surface area contributed by atoms with Gasteiger partial charge in [0, 0.05) is 17.6 Å². The van der Waals surface area contributed by atoms with Crippen molar-refractivity contribution in [2.24, 2.45) is 5.92 Å². The predicted octanol–water partition coefficient (Wildman–Crippen LogP) is 2.81. The molecule has 104 valence electrons. The summed E-state index contributed by atoms with van der Waals surface area (Å²) in [5.41, 5.74) is 1.27. The van der Waals surface area contributed by atoms with Crippen LogP contribution in [0, 0.1) is 5.92 Å². The largest absolute Gasteiger partial charge is 0.466 e. The van der Waals surface area contributed by atoms with E-state index in [0.717, 1.165) is 30.8 Å². The van der Waals surface area contributed by atoms with E-state index in [1.807, 2.05) is 19.1 Å². The van der Waals surface area contributed by atoms with E-state index in [1.54, 1.807) is 0 Å². The molecular weight excluding hydrogens is 262 g/mol. The first-order valence-corrected chi connectivity index (χ1v) is 7.21. The molecular formula is C15H20ClNO2. The van der Waals surface area contributed by atoms with E-state index in [1.165, 1.54) is 5.56 Å². The van der Waals surface area contributed by atoms with Gasteiger partial charge in [-0.1, -0.05) is 23.7 Å². The summed E-state index contributed by atoms with van der Waals surface area (Å²) in [7, 11) is 0. The van der Waals surface area contributed by atoms with Crippen LogP contribution in [0.1, 0.15) is 25.3 Å². The Morgan fingerprint density at radius 1 is 1.37 bits per heavy atom. The Hall–Kier alpha value is -1.06. The molecule has 1 fully saturated rings. The Morgan fingerprint density at radius 2 is 2.11 bits per heavy atom. The molecule has 2 rings (SSSR count). The number of hydrogen-bond donors (Lipinski definition) is 1. The van der Waals surface area contributed by atoms with Crippen molar-refractivity contribution in [3.8, 4) is 0 Å². The lowest BCUT2D eigenvalue weighted by molar-refractivity contribution is -0.148. The molecule has 0 bridgehead atoms. The molecule has 0 aliphatic carbocycles. The van der Waals surface area contributed by atoms with E-state index in [4.69, 9.17) is 16.3 Å². The van der Waals surface area contributed by atoms with Gasteiger partial charge in [0.1, 0.15) is 0 Å². The first-order valence-electron chi connectivity index (χ1n) is 6.83. The van der Waals surface area contributed by atoms with Gasteiger partial charge in [-0.2, -0.15) is 0 Å². The van der Waals surface area contributed by atoms with Crippen molar-refractivity contribution >= 4 is 17.6 Å². The summed E-state index contributed by atoms with van der Waals surface area (Å²) in [5, 5.41) is 4.20. The highest BCUT2D eigenvalue weighted by atomic mass is 35.5. The van der Waals surface area contributed by atoms with Crippen molar-refractivity contribution in [1.82, 2.24) is 5.32 Å². The van der Waals surface area contributed by atoms with Gasteiger partial charge in [0.2, 0.25) is 0 Å². The van der Waals surface area contributed by atoms with Crippen LogP contribution >= 0.6 is 11.6 Å². The maximum atomic E-state index is 11.6. The number of nitrogens with one attached hydrogen (secondary N) is 1. The fourth-order valence-corrected chi connectivity index (χ4v) is 2.58. The average Bonchev–Trinajstić information content (AvgIpc) is 2.42. The molecule has 19 heavy (non-hydrogen) atoms. The van der Waals surface area contributed by atoms with Crippen LogP contribution in [0.5, 0.6) is 0 Å². The van der Waals surface area contributed by atoms with Gasteiger partial charge in [-0.05, 0) is 43.9 Å². The second-order valence-corrected chi connectivity index (χ2v) is 5.40. The van der Waals surface area contributed by atoms with Gasteiger partial charge in [-0.3, -0.25) is 4.79 Å². The highest BCUT2D eigenvalue weighted by Gasteiger charge is 2.26. The Bertz CT molecular complexity index is 411. The summed E-state index contributed by atoms with van der Waals surface area (Å²) >= 11 is 5.87. The smallest absolute Gasteiger partial charge is 0.310 e. The maximum absolute atomic E-state index is 11.6. The van der Waals surface area contributed by atoms with Crippen LogP contribution < -0.4 is 5.32 Å². The Morgan fingerprint density at radius 3 is 2.68 bits per heavy atom. The van der Waals surface area contributed by atoms with Crippen LogP contribution in [0.4, 0.5) is 0 Å². The fraction of sp³-hybridized carbons (Fsp3) is 0.533. The van der Waals surface area contributed by atoms with Gasteiger partial charge < -0.3 is 10.1 Å². The van der Waals surface area contributed by atoms with E-state index in [9.17, 15) is 4.79 Å². The second-order valence-electron chi connectivity index (χ2n) is 4.96. The standard InChI is InChI=1S/C15H20ClNO2/c1-2-19-15(18)12-5-8-14(17-10-12)9-11-3-6-13(16)7-4-11/h3-4,6-7,12,14,17H,2,5,8-10H2,1H3/t12?,14-/m1/s1. The van der Waals surface area contributed by atoms with E-state index in [-0.39, 0.29) is 11.9 Å².